The number of rotatable bonds is 1. The van der Waals surface area contributed by atoms with Crippen molar-refractivity contribution in [3.8, 4) is 0 Å². The van der Waals surface area contributed by atoms with E-state index in [-0.39, 0.29) is 24.0 Å². The van der Waals surface area contributed by atoms with Crippen molar-refractivity contribution in [2.45, 2.75) is 25.3 Å². The van der Waals surface area contributed by atoms with Crippen LogP contribution >= 0.6 is 0 Å². The highest BCUT2D eigenvalue weighted by Crippen LogP contribution is 2.35. The Hall–Kier alpha value is -2.54. The number of piperidine rings is 1. The van der Waals surface area contributed by atoms with Gasteiger partial charge in [-0.15, -0.1) is 0 Å². The second-order valence-electron chi connectivity index (χ2n) is 5.44. The molecule has 0 bridgehead atoms. The van der Waals surface area contributed by atoms with Gasteiger partial charge < -0.3 is 5.73 Å². The number of imide groups is 2. The zero-order chi connectivity index (χ0) is 15.4. The lowest BCUT2D eigenvalue weighted by Gasteiger charge is -2.38. The van der Waals surface area contributed by atoms with Crippen LogP contribution in [0.15, 0.2) is 18.2 Å². The standard InChI is InChI=1S/C14H13N3O4/c1-14(6-5-9(18)16-13(14)21)17-11(19)7-3-2-4-8(15)10(7)12(17)20/h2-4H,5-6,15H2,1H3,(H,16,18,21)/p+1. The molecular weight excluding hydrogens is 274 g/mol. The molecule has 21 heavy (non-hydrogen) atoms. The molecular formula is C14H14N3O4+. The van der Waals surface area contributed by atoms with E-state index < -0.39 is 29.2 Å². The highest BCUT2D eigenvalue weighted by Gasteiger charge is 2.53. The van der Waals surface area contributed by atoms with Gasteiger partial charge in [-0.3, -0.25) is 29.4 Å². The molecule has 4 N–H and O–H groups in total. The summed E-state index contributed by atoms with van der Waals surface area (Å²) in [5.74, 6) is -2.08. The average molecular weight is 288 g/mol. The number of benzene rings is 1. The van der Waals surface area contributed by atoms with Gasteiger partial charge in [0.2, 0.25) is 5.91 Å². The van der Waals surface area contributed by atoms with E-state index in [1.165, 1.54) is 6.92 Å². The van der Waals surface area contributed by atoms with Crippen molar-refractivity contribution in [3.63, 3.8) is 0 Å². The van der Waals surface area contributed by atoms with Crippen LogP contribution in [0.4, 0.5) is 5.69 Å². The number of carbonyl (C=O) groups is 4. The van der Waals surface area contributed by atoms with Crippen LogP contribution in [-0.2, 0) is 9.59 Å². The molecule has 0 saturated carbocycles. The predicted octanol–water partition coefficient (Wildman–Crippen LogP) is -0.649. The Labute approximate surface area is 120 Å². The molecule has 7 nitrogen and oxygen atoms in total. The van der Waals surface area contributed by atoms with Crippen LogP contribution in [0, 0.1) is 0 Å². The summed E-state index contributed by atoms with van der Waals surface area (Å²) in [6, 6.07) is 4.82. The molecule has 7 heteroatoms. The first-order valence-electron chi connectivity index (χ1n) is 6.54. The second kappa shape index (κ2) is 4.23. The Balaban J connectivity index is 2.08. The van der Waals surface area contributed by atoms with Gasteiger partial charge in [-0.2, -0.15) is 0 Å². The molecule has 108 valence electrons. The molecule has 1 aromatic rings. The molecule has 1 saturated heterocycles. The molecule has 2 aliphatic heterocycles. The third-order valence-electron chi connectivity index (χ3n) is 4.08. The molecule has 2 heterocycles. The zero-order valence-corrected chi connectivity index (χ0v) is 11.4. The van der Waals surface area contributed by atoms with Gasteiger partial charge in [-0.25, -0.2) is 0 Å². The van der Waals surface area contributed by atoms with E-state index in [0.29, 0.717) is 5.69 Å². The van der Waals surface area contributed by atoms with Gasteiger partial charge in [-0.1, -0.05) is 6.07 Å². The number of hydrogen-bond acceptors (Lipinski definition) is 4. The molecule has 4 amide bonds. The molecule has 1 fully saturated rings. The molecule has 3 rings (SSSR count). The highest BCUT2D eigenvalue weighted by atomic mass is 16.2. The van der Waals surface area contributed by atoms with Crippen LogP contribution in [0.25, 0.3) is 0 Å². The Bertz CT molecular complexity index is 712. The van der Waals surface area contributed by atoms with Gasteiger partial charge in [-0.05, 0) is 25.5 Å². The Kier molecular flexibility index (Phi) is 2.70. The van der Waals surface area contributed by atoms with Crippen molar-refractivity contribution in [1.82, 2.24) is 10.2 Å². The Morgan fingerprint density at radius 3 is 2.52 bits per heavy atom. The molecule has 0 aromatic heterocycles. The van der Waals surface area contributed by atoms with Crippen LogP contribution in [0.2, 0.25) is 0 Å². The molecule has 2 aliphatic rings. The first kappa shape index (κ1) is 13.4. The lowest BCUT2D eigenvalue weighted by Crippen LogP contribution is -2.62. The first-order chi connectivity index (χ1) is 9.86. The minimum atomic E-state index is -1.35. The molecule has 1 unspecified atom stereocenters. The summed E-state index contributed by atoms with van der Waals surface area (Å²) in [6.45, 7) is 1.50. The van der Waals surface area contributed by atoms with E-state index in [0.717, 1.165) is 4.90 Å². The lowest BCUT2D eigenvalue weighted by atomic mass is 9.89. The maximum Gasteiger partial charge on any atom is 0.268 e. The van der Waals surface area contributed by atoms with Gasteiger partial charge >= 0.3 is 0 Å². The smallest absolute Gasteiger partial charge is 0.268 e. The minimum Gasteiger partial charge on any atom is -0.325 e. The number of amides is 4. The summed E-state index contributed by atoms with van der Waals surface area (Å²) < 4.78 is 0. The van der Waals surface area contributed by atoms with E-state index in [1.54, 1.807) is 18.2 Å². The number of nitrogens with one attached hydrogen (secondary N) is 1. The molecule has 0 aliphatic carbocycles. The van der Waals surface area contributed by atoms with E-state index in [4.69, 9.17) is 0 Å². The SMILES string of the molecule is CC1(N2C(=O)c3cccc([NH3+])c3C2=O)CCC(=O)NC1=O. The van der Waals surface area contributed by atoms with Gasteiger partial charge in [0.25, 0.3) is 17.7 Å². The largest absolute Gasteiger partial charge is 0.325 e. The van der Waals surface area contributed by atoms with Crippen molar-refractivity contribution in [2.75, 3.05) is 0 Å². The summed E-state index contributed by atoms with van der Waals surface area (Å²) in [6.07, 6.45) is 0.211. The van der Waals surface area contributed by atoms with Crippen LogP contribution in [0.3, 0.4) is 0 Å². The normalized spacial score (nSPS) is 25.1. The molecule has 0 spiro atoms. The van der Waals surface area contributed by atoms with Gasteiger partial charge in [0, 0.05) is 6.42 Å². The van der Waals surface area contributed by atoms with Crippen molar-refractivity contribution in [3.05, 3.63) is 29.3 Å². The number of fused-ring (bicyclic) bond motifs is 1. The van der Waals surface area contributed by atoms with Crippen molar-refractivity contribution < 1.29 is 24.9 Å². The fourth-order valence-electron chi connectivity index (χ4n) is 2.81. The monoisotopic (exact) mass is 288 g/mol. The van der Waals surface area contributed by atoms with Crippen molar-refractivity contribution >= 4 is 29.3 Å². The third kappa shape index (κ3) is 1.71. The fraction of sp³-hybridized carbons (Fsp3) is 0.286. The molecule has 1 aromatic carbocycles. The topological polar surface area (TPSA) is 111 Å². The summed E-state index contributed by atoms with van der Waals surface area (Å²) in [7, 11) is 0. The summed E-state index contributed by atoms with van der Waals surface area (Å²) in [5.41, 5.74) is 3.33. The summed E-state index contributed by atoms with van der Waals surface area (Å²) in [4.78, 5) is 49.4. The van der Waals surface area contributed by atoms with Crippen LogP contribution in [0.1, 0.15) is 40.5 Å². The zero-order valence-electron chi connectivity index (χ0n) is 11.4. The van der Waals surface area contributed by atoms with Gasteiger partial charge in [0.05, 0.1) is 5.56 Å². The minimum absolute atomic E-state index is 0.0902. The third-order valence-corrected chi connectivity index (χ3v) is 4.08. The number of carbonyl (C=O) groups excluding carboxylic acids is 4. The van der Waals surface area contributed by atoms with Crippen molar-refractivity contribution in [1.29, 1.82) is 0 Å². The number of hydrogen-bond donors (Lipinski definition) is 2. The number of nitrogens with zero attached hydrogens (tertiary/aromatic N) is 1. The van der Waals surface area contributed by atoms with Crippen LogP contribution < -0.4 is 11.1 Å². The van der Waals surface area contributed by atoms with E-state index in [2.05, 4.69) is 11.1 Å². The van der Waals surface area contributed by atoms with Gasteiger partial charge in [0.15, 0.2) is 0 Å². The average Bonchev–Trinajstić information content (AvgIpc) is 2.68. The molecule has 0 radical (unpaired) electrons. The number of quaternary nitrogens is 1. The molecule has 1 atom stereocenters. The maximum atomic E-state index is 12.6. The van der Waals surface area contributed by atoms with Crippen molar-refractivity contribution in [2.24, 2.45) is 0 Å². The fourth-order valence-corrected chi connectivity index (χ4v) is 2.81. The maximum absolute atomic E-state index is 12.6. The van der Waals surface area contributed by atoms with Crippen LogP contribution in [0.5, 0.6) is 0 Å². The van der Waals surface area contributed by atoms with E-state index in [9.17, 15) is 19.2 Å². The van der Waals surface area contributed by atoms with Crippen LogP contribution in [-0.4, -0.2) is 34.1 Å². The second-order valence-corrected chi connectivity index (χ2v) is 5.44. The lowest BCUT2D eigenvalue weighted by molar-refractivity contribution is -0.255. The summed E-state index contributed by atoms with van der Waals surface area (Å²) in [5, 5.41) is 2.19. The van der Waals surface area contributed by atoms with E-state index in [1.807, 2.05) is 0 Å². The van der Waals surface area contributed by atoms with Gasteiger partial charge in [0.1, 0.15) is 16.8 Å². The predicted molar refractivity (Wildman–Crippen MR) is 70.3 cm³/mol. The van der Waals surface area contributed by atoms with E-state index >= 15 is 0 Å². The first-order valence-corrected chi connectivity index (χ1v) is 6.54. The summed E-state index contributed by atoms with van der Waals surface area (Å²) >= 11 is 0. The Morgan fingerprint density at radius 1 is 1.19 bits per heavy atom. The highest BCUT2D eigenvalue weighted by molar-refractivity contribution is 6.25. The quantitative estimate of drug-likeness (QED) is 0.669. The Morgan fingerprint density at radius 2 is 1.90 bits per heavy atom.